The minimum atomic E-state index is 0.270. The SMILES string of the molecule is CCCCCCCNC(C)c1cc(OC)ccc1OC. The average Bonchev–Trinajstić information content (AvgIpc) is 2.49. The second-order valence-electron chi connectivity index (χ2n) is 5.20. The number of hydrogen-bond acceptors (Lipinski definition) is 3. The number of rotatable bonds is 10. The van der Waals surface area contributed by atoms with Gasteiger partial charge in [-0.1, -0.05) is 32.6 Å². The van der Waals surface area contributed by atoms with Gasteiger partial charge < -0.3 is 14.8 Å². The molecule has 0 amide bonds. The van der Waals surface area contributed by atoms with Gasteiger partial charge in [-0.15, -0.1) is 0 Å². The van der Waals surface area contributed by atoms with Crippen LogP contribution in [0, 0.1) is 0 Å². The lowest BCUT2D eigenvalue weighted by atomic mass is 10.1. The van der Waals surface area contributed by atoms with Crippen molar-refractivity contribution < 1.29 is 9.47 Å². The van der Waals surface area contributed by atoms with Crippen LogP contribution in [0.5, 0.6) is 11.5 Å². The van der Waals surface area contributed by atoms with Crippen molar-refractivity contribution in [2.75, 3.05) is 20.8 Å². The number of methoxy groups -OCH3 is 2. The van der Waals surface area contributed by atoms with Crippen LogP contribution in [0.25, 0.3) is 0 Å². The summed E-state index contributed by atoms with van der Waals surface area (Å²) in [4.78, 5) is 0. The van der Waals surface area contributed by atoms with E-state index in [2.05, 4.69) is 19.2 Å². The predicted molar refractivity (Wildman–Crippen MR) is 84.7 cm³/mol. The highest BCUT2D eigenvalue weighted by Crippen LogP contribution is 2.29. The molecule has 3 nitrogen and oxygen atoms in total. The smallest absolute Gasteiger partial charge is 0.123 e. The molecule has 0 bridgehead atoms. The Bertz CT molecular complexity index is 379. The zero-order chi connectivity index (χ0) is 14.8. The molecule has 0 saturated carbocycles. The van der Waals surface area contributed by atoms with E-state index in [9.17, 15) is 0 Å². The summed E-state index contributed by atoms with van der Waals surface area (Å²) in [5.41, 5.74) is 1.15. The maximum absolute atomic E-state index is 5.43. The van der Waals surface area contributed by atoms with Crippen molar-refractivity contribution in [3.05, 3.63) is 23.8 Å². The zero-order valence-electron chi connectivity index (χ0n) is 13.4. The van der Waals surface area contributed by atoms with E-state index in [1.807, 2.05) is 18.2 Å². The molecule has 20 heavy (non-hydrogen) atoms. The van der Waals surface area contributed by atoms with Crippen molar-refractivity contribution in [1.82, 2.24) is 5.32 Å². The van der Waals surface area contributed by atoms with Crippen molar-refractivity contribution in [3.63, 3.8) is 0 Å². The van der Waals surface area contributed by atoms with Gasteiger partial charge in [0.2, 0.25) is 0 Å². The summed E-state index contributed by atoms with van der Waals surface area (Å²) < 4.78 is 10.7. The maximum atomic E-state index is 5.43. The lowest BCUT2D eigenvalue weighted by molar-refractivity contribution is 0.391. The first-order valence-electron chi connectivity index (χ1n) is 7.68. The Morgan fingerprint density at radius 3 is 2.45 bits per heavy atom. The van der Waals surface area contributed by atoms with Crippen LogP contribution in [0.3, 0.4) is 0 Å². The number of ether oxygens (including phenoxy) is 2. The molecular formula is C17H29NO2. The summed E-state index contributed by atoms with van der Waals surface area (Å²) in [5, 5.41) is 3.57. The molecule has 1 rings (SSSR count). The summed E-state index contributed by atoms with van der Waals surface area (Å²) in [7, 11) is 3.40. The van der Waals surface area contributed by atoms with Crippen LogP contribution in [0.2, 0.25) is 0 Å². The minimum absolute atomic E-state index is 0.270. The molecule has 0 aliphatic heterocycles. The molecule has 3 heteroatoms. The Labute approximate surface area is 123 Å². The fourth-order valence-electron chi connectivity index (χ4n) is 2.33. The van der Waals surface area contributed by atoms with Crippen LogP contribution in [0.15, 0.2) is 18.2 Å². The molecule has 0 spiro atoms. The standard InChI is InChI=1S/C17H29NO2/c1-5-6-7-8-9-12-18-14(2)16-13-15(19-3)10-11-17(16)20-4/h10-11,13-14,18H,5-9,12H2,1-4H3. The largest absolute Gasteiger partial charge is 0.497 e. The highest BCUT2D eigenvalue weighted by molar-refractivity contribution is 5.42. The van der Waals surface area contributed by atoms with Crippen molar-refractivity contribution in [1.29, 1.82) is 0 Å². The molecule has 0 fully saturated rings. The van der Waals surface area contributed by atoms with E-state index in [1.54, 1.807) is 14.2 Å². The summed E-state index contributed by atoms with van der Waals surface area (Å²) in [6.45, 7) is 5.46. The Morgan fingerprint density at radius 2 is 1.80 bits per heavy atom. The Hall–Kier alpha value is -1.22. The molecular weight excluding hydrogens is 250 g/mol. The van der Waals surface area contributed by atoms with Crippen molar-refractivity contribution in [2.45, 2.75) is 52.0 Å². The lowest BCUT2D eigenvalue weighted by Crippen LogP contribution is -2.20. The normalized spacial score (nSPS) is 12.2. The molecule has 0 aromatic heterocycles. The number of benzene rings is 1. The molecule has 1 aromatic carbocycles. The van der Waals surface area contributed by atoms with Crippen LogP contribution in [-0.4, -0.2) is 20.8 Å². The van der Waals surface area contributed by atoms with Gasteiger partial charge in [0.05, 0.1) is 14.2 Å². The third-order valence-electron chi connectivity index (χ3n) is 3.63. The van der Waals surface area contributed by atoms with E-state index in [4.69, 9.17) is 9.47 Å². The van der Waals surface area contributed by atoms with E-state index < -0.39 is 0 Å². The van der Waals surface area contributed by atoms with Crippen molar-refractivity contribution >= 4 is 0 Å². The van der Waals surface area contributed by atoms with Crippen molar-refractivity contribution in [3.8, 4) is 11.5 Å². The second kappa shape index (κ2) is 9.65. The summed E-state index contributed by atoms with van der Waals surface area (Å²) >= 11 is 0. The van der Waals surface area contributed by atoms with Crippen LogP contribution in [0.1, 0.15) is 57.6 Å². The number of unbranched alkanes of at least 4 members (excludes halogenated alkanes) is 4. The minimum Gasteiger partial charge on any atom is -0.497 e. The highest BCUT2D eigenvalue weighted by atomic mass is 16.5. The fourth-order valence-corrected chi connectivity index (χ4v) is 2.33. The monoisotopic (exact) mass is 279 g/mol. The predicted octanol–water partition coefficient (Wildman–Crippen LogP) is 4.32. The van der Waals surface area contributed by atoms with Gasteiger partial charge in [-0.05, 0) is 38.1 Å². The van der Waals surface area contributed by atoms with E-state index in [1.165, 1.54) is 32.1 Å². The van der Waals surface area contributed by atoms with Gasteiger partial charge in [0.15, 0.2) is 0 Å². The van der Waals surface area contributed by atoms with Gasteiger partial charge in [-0.25, -0.2) is 0 Å². The van der Waals surface area contributed by atoms with Crippen molar-refractivity contribution in [2.24, 2.45) is 0 Å². The maximum Gasteiger partial charge on any atom is 0.123 e. The molecule has 1 unspecified atom stereocenters. The number of nitrogens with one attached hydrogen (secondary N) is 1. The lowest BCUT2D eigenvalue weighted by Gasteiger charge is -2.18. The summed E-state index contributed by atoms with van der Waals surface area (Å²) in [6, 6.07) is 6.22. The van der Waals surface area contributed by atoms with Crippen LogP contribution >= 0.6 is 0 Å². The zero-order valence-corrected chi connectivity index (χ0v) is 13.4. The van der Waals surface area contributed by atoms with Gasteiger partial charge in [-0.3, -0.25) is 0 Å². The first kappa shape index (κ1) is 16.8. The molecule has 1 N–H and O–H groups in total. The molecule has 114 valence electrons. The molecule has 1 aromatic rings. The topological polar surface area (TPSA) is 30.5 Å². The molecule has 0 aliphatic rings. The van der Waals surface area contributed by atoms with Crippen LogP contribution < -0.4 is 14.8 Å². The van der Waals surface area contributed by atoms with Gasteiger partial charge in [0, 0.05) is 11.6 Å². The van der Waals surface area contributed by atoms with Gasteiger partial charge in [0.25, 0.3) is 0 Å². The highest BCUT2D eigenvalue weighted by Gasteiger charge is 2.12. The Morgan fingerprint density at radius 1 is 1.05 bits per heavy atom. The fraction of sp³-hybridized carbons (Fsp3) is 0.647. The first-order valence-corrected chi connectivity index (χ1v) is 7.68. The second-order valence-corrected chi connectivity index (χ2v) is 5.20. The van der Waals surface area contributed by atoms with E-state index in [0.29, 0.717) is 0 Å². The van der Waals surface area contributed by atoms with E-state index >= 15 is 0 Å². The van der Waals surface area contributed by atoms with Gasteiger partial charge >= 0.3 is 0 Å². The van der Waals surface area contributed by atoms with Gasteiger partial charge in [0.1, 0.15) is 11.5 Å². The average molecular weight is 279 g/mol. The third kappa shape index (κ3) is 5.41. The first-order chi connectivity index (χ1) is 9.72. The third-order valence-corrected chi connectivity index (χ3v) is 3.63. The Balaban J connectivity index is 2.47. The molecule has 0 aliphatic carbocycles. The molecule has 0 heterocycles. The summed E-state index contributed by atoms with van der Waals surface area (Å²) in [5.74, 6) is 1.79. The molecule has 0 radical (unpaired) electrons. The number of hydrogen-bond donors (Lipinski definition) is 1. The van der Waals surface area contributed by atoms with E-state index in [0.717, 1.165) is 23.6 Å². The summed E-state index contributed by atoms with van der Waals surface area (Å²) in [6.07, 6.45) is 6.53. The van der Waals surface area contributed by atoms with Crippen LogP contribution in [-0.2, 0) is 0 Å². The quantitative estimate of drug-likeness (QED) is 0.647. The van der Waals surface area contributed by atoms with E-state index in [-0.39, 0.29) is 6.04 Å². The molecule has 1 atom stereocenters. The molecule has 0 saturated heterocycles. The Kier molecular flexibility index (Phi) is 8.12. The van der Waals surface area contributed by atoms with Crippen LogP contribution in [0.4, 0.5) is 0 Å². The van der Waals surface area contributed by atoms with Gasteiger partial charge in [-0.2, -0.15) is 0 Å².